The second kappa shape index (κ2) is 5.92. The molecule has 2 heteroatoms. The van der Waals surface area contributed by atoms with Crippen LogP contribution in [-0.4, -0.2) is 12.1 Å². The smallest absolute Gasteiger partial charge is 0.104 e. The van der Waals surface area contributed by atoms with Crippen molar-refractivity contribution in [3.05, 3.63) is 24.2 Å². The second-order valence-corrected chi connectivity index (χ2v) is 6.08. The van der Waals surface area contributed by atoms with E-state index in [9.17, 15) is 0 Å². The van der Waals surface area contributed by atoms with Gasteiger partial charge in [0.1, 0.15) is 5.76 Å². The average Bonchev–Trinajstić information content (AvgIpc) is 3.05. The molecule has 0 spiro atoms. The largest absolute Gasteiger partial charge is 0.469 e. The van der Waals surface area contributed by atoms with Crippen LogP contribution in [0.4, 0.5) is 0 Å². The van der Waals surface area contributed by atoms with Gasteiger partial charge in [0.25, 0.3) is 0 Å². The van der Waals surface area contributed by atoms with Crippen molar-refractivity contribution in [2.24, 2.45) is 5.92 Å². The zero-order chi connectivity index (χ0) is 12.2. The van der Waals surface area contributed by atoms with Crippen molar-refractivity contribution < 1.29 is 4.42 Å². The lowest BCUT2D eigenvalue weighted by atomic mass is 9.81. The van der Waals surface area contributed by atoms with E-state index in [2.05, 4.69) is 11.4 Å². The number of hydrogen-bond acceptors (Lipinski definition) is 2. The summed E-state index contributed by atoms with van der Waals surface area (Å²) in [5.74, 6) is 1.95. The third-order valence-corrected chi connectivity index (χ3v) is 4.76. The molecule has 2 atom stereocenters. The maximum Gasteiger partial charge on any atom is 0.104 e. The number of furan rings is 1. The van der Waals surface area contributed by atoms with Gasteiger partial charge in [-0.2, -0.15) is 0 Å². The molecule has 0 saturated heterocycles. The fraction of sp³-hybridized carbons (Fsp3) is 0.750. The molecule has 2 nitrogen and oxygen atoms in total. The molecule has 0 aliphatic heterocycles. The molecule has 2 aliphatic rings. The highest BCUT2D eigenvalue weighted by molar-refractivity contribution is 5.01. The zero-order valence-electron chi connectivity index (χ0n) is 11.2. The number of nitrogens with one attached hydrogen (secondary N) is 1. The van der Waals surface area contributed by atoms with Gasteiger partial charge < -0.3 is 9.73 Å². The molecule has 100 valence electrons. The summed E-state index contributed by atoms with van der Waals surface area (Å²) in [6.07, 6.45) is 14.1. The summed E-state index contributed by atoms with van der Waals surface area (Å²) in [5.41, 5.74) is 0. The van der Waals surface area contributed by atoms with Crippen LogP contribution in [0.2, 0.25) is 0 Å². The quantitative estimate of drug-likeness (QED) is 0.872. The van der Waals surface area contributed by atoms with Gasteiger partial charge in [0.2, 0.25) is 0 Å². The van der Waals surface area contributed by atoms with Crippen LogP contribution in [0.3, 0.4) is 0 Å². The van der Waals surface area contributed by atoms with Gasteiger partial charge >= 0.3 is 0 Å². The average molecular weight is 247 g/mol. The Bertz CT molecular complexity index is 340. The lowest BCUT2D eigenvalue weighted by Crippen LogP contribution is -2.44. The van der Waals surface area contributed by atoms with Crippen LogP contribution in [0.15, 0.2) is 22.8 Å². The van der Waals surface area contributed by atoms with E-state index in [0.29, 0.717) is 0 Å². The molecule has 0 bridgehead atoms. The molecule has 0 amide bonds. The maximum absolute atomic E-state index is 5.53. The summed E-state index contributed by atoms with van der Waals surface area (Å²) >= 11 is 0. The molecule has 1 heterocycles. The Morgan fingerprint density at radius 3 is 2.61 bits per heavy atom. The van der Waals surface area contributed by atoms with Crippen molar-refractivity contribution in [1.29, 1.82) is 0 Å². The fourth-order valence-corrected chi connectivity index (χ4v) is 3.75. The molecule has 2 unspecified atom stereocenters. The Morgan fingerprint density at radius 2 is 1.83 bits per heavy atom. The topological polar surface area (TPSA) is 25.2 Å². The Balaban J connectivity index is 1.58. The van der Waals surface area contributed by atoms with Crippen molar-refractivity contribution in [3.63, 3.8) is 0 Å². The summed E-state index contributed by atoms with van der Waals surface area (Å²) in [5, 5.41) is 3.94. The van der Waals surface area contributed by atoms with Crippen LogP contribution in [0.25, 0.3) is 0 Å². The highest BCUT2D eigenvalue weighted by Gasteiger charge is 2.28. The molecule has 1 N–H and O–H groups in total. The molecule has 2 fully saturated rings. The highest BCUT2D eigenvalue weighted by Crippen LogP contribution is 2.29. The first-order valence-electron chi connectivity index (χ1n) is 7.70. The van der Waals surface area contributed by atoms with Gasteiger partial charge in [-0.3, -0.25) is 0 Å². The molecule has 1 aromatic rings. The monoisotopic (exact) mass is 247 g/mol. The first-order valence-corrected chi connectivity index (χ1v) is 7.70. The van der Waals surface area contributed by atoms with Crippen LogP contribution in [0.1, 0.15) is 57.1 Å². The highest BCUT2D eigenvalue weighted by atomic mass is 16.3. The van der Waals surface area contributed by atoms with Gasteiger partial charge in [-0.15, -0.1) is 0 Å². The molecule has 2 aliphatic carbocycles. The van der Waals surface area contributed by atoms with Gasteiger partial charge in [0, 0.05) is 18.5 Å². The van der Waals surface area contributed by atoms with E-state index in [1.54, 1.807) is 6.26 Å². The molecule has 1 aromatic heterocycles. The van der Waals surface area contributed by atoms with E-state index >= 15 is 0 Å². The lowest BCUT2D eigenvalue weighted by Gasteiger charge is -2.34. The molecule has 0 aromatic carbocycles. The summed E-state index contributed by atoms with van der Waals surface area (Å²) in [6, 6.07) is 5.66. The second-order valence-electron chi connectivity index (χ2n) is 6.08. The molecular formula is C16H25NO. The molecular weight excluding hydrogens is 222 g/mol. The third-order valence-electron chi connectivity index (χ3n) is 4.76. The minimum Gasteiger partial charge on any atom is -0.469 e. The van der Waals surface area contributed by atoms with Gasteiger partial charge in [-0.05, 0) is 43.7 Å². The zero-order valence-corrected chi connectivity index (χ0v) is 11.2. The minimum atomic E-state index is 0.729. The fourth-order valence-electron chi connectivity index (χ4n) is 3.75. The predicted octanol–water partition coefficient (Wildman–Crippen LogP) is 3.91. The van der Waals surface area contributed by atoms with Crippen LogP contribution in [0.5, 0.6) is 0 Å². The first kappa shape index (κ1) is 12.3. The van der Waals surface area contributed by atoms with E-state index in [1.807, 2.05) is 6.07 Å². The Labute approximate surface area is 110 Å². The van der Waals surface area contributed by atoms with E-state index < -0.39 is 0 Å². The van der Waals surface area contributed by atoms with Crippen molar-refractivity contribution in [3.8, 4) is 0 Å². The standard InChI is InChI=1S/C16H25NO/c1-4-10-16(17-14-7-2-3-8-14)13(6-1)12-15-9-5-11-18-15/h5,9,11,13-14,16-17H,1-4,6-8,10,12H2. The van der Waals surface area contributed by atoms with E-state index in [4.69, 9.17) is 4.42 Å². The molecule has 3 rings (SSSR count). The van der Waals surface area contributed by atoms with Gasteiger partial charge in [0.05, 0.1) is 6.26 Å². The van der Waals surface area contributed by atoms with Crippen LogP contribution in [0, 0.1) is 5.92 Å². The summed E-state index contributed by atoms with van der Waals surface area (Å²) < 4.78 is 5.53. The Morgan fingerprint density at radius 1 is 1.06 bits per heavy atom. The first-order chi connectivity index (χ1) is 8.92. The summed E-state index contributed by atoms with van der Waals surface area (Å²) in [4.78, 5) is 0. The normalized spacial score (nSPS) is 29.8. The molecule has 18 heavy (non-hydrogen) atoms. The summed E-state index contributed by atoms with van der Waals surface area (Å²) in [7, 11) is 0. The van der Waals surface area contributed by atoms with Crippen LogP contribution >= 0.6 is 0 Å². The van der Waals surface area contributed by atoms with Crippen molar-refractivity contribution in [2.75, 3.05) is 0 Å². The molecule has 0 radical (unpaired) electrons. The van der Waals surface area contributed by atoms with Crippen molar-refractivity contribution in [1.82, 2.24) is 5.32 Å². The van der Waals surface area contributed by atoms with Gasteiger partial charge in [-0.25, -0.2) is 0 Å². The SMILES string of the molecule is c1coc(CC2CCCCC2NC2CCCC2)c1. The van der Waals surface area contributed by atoms with Gasteiger partial charge in [0.15, 0.2) is 0 Å². The van der Waals surface area contributed by atoms with Crippen LogP contribution < -0.4 is 5.32 Å². The minimum absolute atomic E-state index is 0.729. The van der Waals surface area contributed by atoms with Crippen LogP contribution in [-0.2, 0) is 6.42 Å². The van der Waals surface area contributed by atoms with E-state index in [-0.39, 0.29) is 0 Å². The van der Waals surface area contributed by atoms with E-state index in [1.165, 1.54) is 57.1 Å². The number of rotatable bonds is 4. The Kier molecular flexibility index (Phi) is 4.04. The lowest BCUT2D eigenvalue weighted by molar-refractivity contribution is 0.232. The predicted molar refractivity (Wildman–Crippen MR) is 73.5 cm³/mol. The summed E-state index contributed by atoms with van der Waals surface area (Å²) in [6.45, 7) is 0. The van der Waals surface area contributed by atoms with Crippen molar-refractivity contribution >= 4 is 0 Å². The molecule has 2 saturated carbocycles. The van der Waals surface area contributed by atoms with Crippen molar-refractivity contribution in [2.45, 2.75) is 69.9 Å². The third kappa shape index (κ3) is 2.97. The van der Waals surface area contributed by atoms with E-state index in [0.717, 1.165) is 24.4 Å². The maximum atomic E-state index is 5.53. The van der Waals surface area contributed by atoms with Gasteiger partial charge in [-0.1, -0.05) is 25.7 Å². The Hall–Kier alpha value is -0.760. The number of hydrogen-bond donors (Lipinski definition) is 1.